The zero-order valence-electron chi connectivity index (χ0n) is 6.60. The smallest absolute Gasteiger partial charge is 0.323 e. The summed E-state index contributed by atoms with van der Waals surface area (Å²) < 4.78 is 4.74. The van der Waals surface area contributed by atoms with Gasteiger partial charge in [-0.05, 0) is 0 Å². The number of ether oxygens (including phenoxy) is 1. The van der Waals surface area contributed by atoms with Crippen molar-refractivity contribution < 1.29 is 24.2 Å². The SMILES string of the molecule is NC(=O)N1COC(CC(=O)O)C1=O. The van der Waals surface area contributed by atoms with Crippen LogP contribution in [0.3, 0.4) is 0 Å². The highest BCUT2D eigenvalue weighted by atomic mass is 16.5. The minimum Gasteiger partial charge on any atom is -0.481 e. The predicted octanol–water partition coefficient (Wildman–Crippen LogP) is -1.28. The molecule has 1 saturated heterocycles. The van der Waals surface area contributed by atoms with Crippen molar-refractivity contribution in [2.24, 2.45) is 5.73 Å². The summed E-state index contributed by atoms with van der Waals surface area (Å²) in [6.45, 7) is -0.272. The number of carbonyl (C=O) groups excluding carboxylic acids is 2. The van der Waals surface area contributed by atoms with Crippen LogP contribution in [-0.2, 0) is 14.3 Å². The van der Waals surface area contributed by atoms with Gasteiger partial charge >= 0.3 is 12.0 Å². The maximum absolute atomic E-state index is 11.1. The quantitative estimate of drug-likeness (QED) is 0.561. The lowest BCUT2D eigenvalue weighted by Gasteiger charge is -2.06. The van der Waals surface area contributed by atoms with Crippen LogP contribution in [0.25, 0.3) is 0 Å². The molecular formula is C6H8N2O5. The number of primary amides is 1. The minimum absolute atomic E-state index is 0.272. The summed E-state index contributed by atoms with van der Waals surface area (Å²) in [5, 5.41) is 8.35. The molecule has 1 heterocycles. The molecule has 1 rings (SSSR count). The normalized spacial score (nSPS) is 22.0. The van der Waals surface area contributed by atoms with Gasteiger partial charge in [0.1, 0.15) is 12.8 Å². The Labute approximate surface area is 73.1 Å². The van der Waals surface area contributed by atoms with Crippen LogP contribution in [0.15, 0.2) is 0 Å². The van der Waals surface area contributed by atoms with Crippen LogP contribution in [-0.4, -0.2) is 40.7 Å². The first-order chi connectivity index (χ1) is 6.02. The van der Waals surface area contributed by atoms with E-state index in [1.165, 1.54) is 0 Å². The number of carboxylic acid groups (broad SMARTS) is 1. The van der Waals surface area contributed by atoms with E-state index in [1.807, 2.05) is 0 Å². The Morgan fingerprint density at radius 2 is 2.31 bits per heavy atom. The van der Waals surface area contributed by atoms with Crippen LogP contribution >= 0.6 is 0 Å². The second-order valence-electron chi connectivity index (χ2n) is 2.49. The number of rotatable bonds is 2. The van der Waals surface area contributed by atoms with Gasteiger partial charge in [0, 0.05) is 0 Å². The Bertz CT molecular complexity index is 264. The Morgan fingerprint density at radius 3 is 2.69 bits per heavy atom. The Balaban J connectivity index is 2.60. The zero-order valence-corrected chi connectivity index (χ0v) is 6.60. The van der Waals surface area contributed by atoms with Crippen LogP contribution in [0.2, 0.25) is 0 Å². The number of imide groups is 1. The van der Waals surface area contributed by atoms with Crippen molar-refractivity contribution >= 4 is 17.9 Å². The number of amides is 3. The largest absolute Gasteiger partial charge is 0.481 e. The topological polar surface area (TPSA) is 110 Å². The van der Waals surface area contributed by atoms with Crippen LogP contribution in [0.1, 0.15) is 6.42 Å². The third-order valence-corrected chi connectivity index (χ3v) is 1.57. The van der Waals surface area contributed by atoms with E-state index in [0.717, 1.165) is 0 Å². The van der Waals surface area contributed by atoms with Crippen LogP contribution in [0, 0.1) is 0 Å². The van der Waals surface area contributed by atoms with Crippen LogP contribution in [0.5, 0.6) is 0 Å². The Hall–Kier alpha value is -1.63. The molecule has 1 atom stereocenters. The first kappa shape index (κ1) is 9.46. The van der Waals surface area contributed by atoms with Crippen molar-refractivity contribution in [2.45, 2.75) is 12.5 Å². The van der Waals surface area contributed by atoms with E-state index in [9.17, 15) is 14.4 Å². The summed E-state index contributed by atoms with van der Waals surface area (Å²) in [6, 6.07) is -0.933. The van der Waals surface area contributed by atoms with Gasteiger partial charge in [-0.15, -0.1) is 0 Å². The van der Waals surface area contributed by atoms with E-state index in [2.05, 4.69) is 0 Å². The van der Waals surface area contributed by atoms with E-state index >= 15 is 0 Å². The van der Waals surface area contributed by atoms with Crippen molar-refractivity contribution in [1.82, 2.24) is 4.90 Å². The fourth-order valence-electron chi connectivity index (χ4n) is 0.950. The number of hydrogen-bond acceptors (Lipinski definition) is 4. The molecule has 0 bridgehead atoms. The van der Waals surface area contributed by atoms with E-state index in [-0.39, 0.29) is 6.73 Å². The summed E-state index contributed by atoms with van der Waals surface area (Å²) >= 11 is 0. The molecule has 0 aliphatic carbocycles. The van der Waals surface area contributed by atoms with E-state index in [0.29, 0.717) is 4.90 Å². The molecule has 72 valence electrons. The minimum atomic E-state index is -1.16. The molecule has 1 fully saturated rings. The third-order valence-electron chi connectivity index (χ3n) is 1.57. The zero-order chi connectivity index (χ0) is 10.0. The molecule has 0 aromatic carbocycles. The number of hydrogen-bond donors (Lipinski definition) is 2. The standard InChI is InChI=1S/C6H8N2O5/c7-6(12)8-2-13-3(5(8)11)1-4(9)10/h3H,1-2H2,(H2,7,12)(H,9,10). The summed E-state index contributed by atoms with van der Waals surface area (Å²) in [5.41, 5.74) is 4.82. The summed E-state index contributed by atoms with van der Waals surface area (Å²) in [5.74, 6) is -1.86. The molecule has 3 amide bonds. The second kappa shape index (κ2) is 3.40. The molecule has 0 aromatic heterocycles. The van der Waals surface area contributed by atoms with E-state index in [4.69, 9.17) is 15.6 Å². The molecule has 1 unspecified atom stereocenters. The van der Waals surface area contributed by atoms with Gasteiger partial charge in [-0.2, -0.15) is 0 Å². The summed E-state index contributed by atoms with van der Waals surface area (Å²) in [6.07, 6.45) is -1.55. The van der Waals surface area contributed by atoms with Gasteiger partial charge in [-0.1, -0.05) is 0 Å². The van der Waals surface area contributed by atoms with Crippen molar-refractivity contribution in [1.29, 1.82) is 0 Å². The average molecular weight is 188 g/mol. The fourth-order valence-corrected chi connectivity index (χ4v) is 0.950. The van der Waals surface area contributed by atoms with Crippen molar-refractivity contribution in [3.05, 3.63) is 0 Å². The van der Waals surface area contributed by atoms with Crippen molar-refractivity contribution in [3.63, 3.8) is 0 Å². The van der Waals surface area contributed by atoms with Gasteiger partial charge in [-0.3, -0.25) is 9.59 Å². The molecular weight excluding hydrogens is 180 g/mol. The highest BCUT2D eigenvalue weighted by Gasteiger charge is 2.36. The second-order valence-corrected chi connectivity index (χ2v) is 2.49. The first-order valence-corrected chi connectivity index (χ1v) is 3.46. The highest BCUT2D eigenvalue weighted by molar-refractivity contribution is 5.98. The van der Waals surface area contributed by atoms with Gasteiger partial charge in [0.2, 0.25) is 0 Å². The van der Waals surface area contributed by atoms with Gasteiger partial charge in [0.05, 0.1) is 6.42 Å². The number of nitrogens with zero attached hydrogens (tertiary/aromatic N) is 1. The lowest BCUT2D eigenvalue weighted by molar-refractivity contribution is -0.142. The molecule has 0 saturated carbocycles. The predicted molar refractivity (Wildman–Crippen MR) is 38.4 cm³/mol. The fraction of sp³-hybridized carbons (Fsp3) is 0.500. The number of aliphatic carboxylic acids is 1. The first-order valence-electron chi connectivity index (χ1n) is 3.46. The molecule has 0 radical (unpaired) electrons. The molecule has 1 aliphatic rings. The maximum Gasteiger partial charge on any atom is 0.323 e. The molecule has 3 N–H and O–H groups in total. The molecule has 7 nitrogen and oxygen atoms in total. The Morgan fingerprint density at radius 1 is 1.69 bits per heavy atom. The van der Waals surface area contributed by atoms with Crippen molar-refractivity contribution in [2.75, 3.05) is 6.73 Å². The number of nitrogens with two attached hydrogens (primary N) is 1. The lowest BCUT2D eigenvalue weighted by atomic mass is 10.2. The summed E-state index contributed by atoms with van der Waals surface area (Å²) in [7, 11) is 0. The lowest BCUT2D eigenvalue weighted by Crippen LogP contribution is -2.39. The van der Waals surface area contributed by atoms with Crippen molar-refractivity contribution in [3.8, 4) is 0 Å². The van der Waals surface area contributed by atoms with Gasteiger partial charge in [-0.25, -0.2) is 9.69 Å². The molecule has 7 heteroatoms. The summed E-state index contributed by atoms with van der Waals surface area (Å²) in [4.78, 5) is 32.5. The highest BCUT2D eigenvalue weighted by Crippen LogP contribution is 2.12. The third kappa shape index (κ3) is 1.94. The number of carbonyl (C=O) groups is 3. The van der Waals surface area contributed by atoms with E-state index < -0.39 is 30.4 Å². The average Bonchev–Trinajstić information content (AvgIpc) is 2.32. The number of carboxylic acids is 1. The monoisotopic (exact) mass is 188 g/mol. The van der Waals surface area contributed by atoms with Gasteiger partial charge in [0.25, 0.3) is 5.91 Å². The molecule has 13 heavy (non-hydrogen) atoms. The van der Waals surface area contributed by atoms with E-state index in [1.54, 1.807) is 0 Å². The Kier molecular flexibility index (Phi) is 2.47. The molecule has 0 aromatic rings. The van der Waals surface area contributed by atoms with Crippen LogP contribution in [0.4, 0.5) is 4.79 Å². The maximum atomic E-state index is 11.1. The molecule has 1 aliphatic heterocycles. The van der Waals surface area contributed by atoms with Gasteiger partial charge < -0.3 is 15.6 Å². The van der Waals surface area contributed by atoms with Gasteiger partial charge in [0.15, 0.2) is 0 Å². The number of urea groups is 1. The van der Waals surface area contributed by atoms with Crippen LogP contribution < -0.4 is 5.73 Å². The molecule has 0 spiro atoms.